The predicted molar refractivity (Wildman–Crippen MR) is 118 cm³/mol. The van der Waals surface area contributed by atoms with Gasteiger partial charge in [0.1, 0.15) is 5.41 Å². The number of hydrogen-bond donors (Lipinski definition) is 0. The maximum atomic E-state index is 12.7. The van der Waals surface area contributed by atoms with E-state index >= 15 is 0 Å². The molecule has 30 heavy (non-hydrogen) atoms. The molecular weight excluding hydrogens is 377 g/mol. The van der Waals surface area contributed by atoms with Gasteiger partial charge in [-0.05, 0) is 44.3 Å². The summed E-state index contributed by atoms with van der Waals surface area (Å²) < 4.78 is 17.5. The fourth-order valence-corrected chi connectivity index (χ4v) is 4.23. The van der Waals surface area contributed by atoms with Crippen LogP contribution in [0.15, 0.2) is 54.6 Å². The number of carbonyl (C=O) groups is 1. The Kier molecular flexibility index (Phi) is 5.29. The minimum atomic E-state index is -0.627. The molecule has 2 fully saturated rings. The summed E-state index contributed by atoms with van der Waals surface area (Å²) >= 11 is 0. The second kappa shape index (κ2) is 7.52. The van der Waals surface area contributed by atoms with Crippen molar-refractivity contribution in [2.75, 3.05) is 20.2 Å². The van der Waals surface area contributed by atoms with Crippen LogP contribution in [-0.2, 0) is 30.8 Å². The van der Waals surface area contributed by atoms with E-state index in [1.807, 2.05) is 70.2 Å². The van der Waals surface area contributed by atoms with E-state index in [2.05, 4.69) is 17.0 Å². The summed E-state index contributed by atoms with van der Waals surface area (Å²) in [5, 5.41) is 0. The maximum absolute atomic E-state index is 12.7. The van der Waals surface area contributed by atoms with Crippen molar-refractivity contribution in [2.24, 2.45) is 0 Å². The number of carbonyl (C=O) groups excluding carboxylic acids is 1. The molecule has 0 aliphatic carbocycles. The van der Waals surface area contributed by atoms with Crippen LogP contribution in [0.4, 0.5) is 0 Å². The molecule has 0 N–H and O–H groups in total. The van der Waals surface area contributed by atoms with Crippen molar-refractivity contribution in [1.82, 2.24) is 4.90 Å². The van der Waals surface area contributed by atoms with Crippen LogP contribution < -0.4 is 5.46 Å². The van der Waals surface area contributed by atoms with Gasteiger partial charge in [-0.1, -0.05) is 54.6 Å². The molecule has 2 saturated heterocycles. The van der Waals surface area contributed by atoms with Crippen LogP contribution in [0.25, 0.3) is 0 Å². The van der Waals surface area contributed by atoms with E-state index in [0.29, 0.717) is 13.1 Å². The smallest absolute Gasteiger partial charge is 0.468 e. The van der Waals surface area contributed by atoms with Gasteiger partial charge in [-0.2, -0.15) is 0 Å². The monoisotopic (exact) mass is 407 g/mol. The van der Waals surface area contributed by atoms with Gasteiger partial charge in [0.05, 0.1) is 18.3 Å². The van der Waals surface area contributed by atoms with Crippen molar-refractivity contribution < 1.29 is 18.8 Å². The van der Waals surface area contributed by atoms with Gasteiger partial charge in [0.15, 0.2) is 0 Å². The molecule has 2 aliphatic heterocycles. The molecule has 0 unspecified atom stereocenters. The van der Waals surface area contributed by atoms with Crippen LogP contribution in [0.1, 0.15) is 38.8 Å². The zero-order chi connectivity index (χ0) is 21.6. The first-order chi connectivity index (χ1) is 14.2. The van der Waals surface area contributed by atoms with Gasteiger partial charge in [0.2, 0.25) is 0 Å². The third-order valence-corrected chi connectivity index (χ3v) is 6.80. The van der Waals surface area contributed by atoms with Gasteiger partial charge >= 0.3 is 13.1 Å². The summed E-state index contributed by atoms with van der Waals surface area (Å²) in [4.78, 5) is 15.0. The van der Waals surface area contributed by atoms with Gasteiger partial charge in [0, 0.05) is 19.6 Å². The lowest BCUT2D eigenvalue weighted by molar-refractivity contribution is -0.155. The molecular formula is C24H30BNO4. The number of likely N-dealkylation sites (tertiary alicyclic amines) is 1. The quantitative estimate of drug-likeness (QED) is 0.564. The molecule has 158 valence electrons. The topological polar surface area (TPSA) is 48.0 Å². The maximum Gasteiger partial charge on any atom is 0.494 e. The lowest BCUT2D eigenvalue weighted by Gasteiger charge is -2.48. The van der Waals surface area contributed by atoms with E-state index in [-0.39, 0.29) is 17.2 Å². The van der Waals surface area contributed by atoms with Crippen molar-refractivity contribution in [2.45, 2.75) is 50.9 Å². The molecule has 0 spiro atoms. The van der Waals surface area contributed by atoms with Crippen LogP contribution in [0.2, 0.25) is 0 Å². The van der Waals surface area contributed by atoms with Crippen LogP contribution in [0.5, 0.6) is 0 Å². The van der Waals surface area contributed by atoms with Crippen LogP contribution in [0, 0.1) is 0 Å². The van der Waals surface area contributed by atoms with E-state index in [1.54, 1.807) is 0 Å². The summed E-state index contributed by atoms with van der Waals surface area (Å²) in [5.74, 6) is -0.185. The van der Waals surface area contributed by atoms with E-state index in [0.717, 1.165) is 17.6 Å². The Balaban J connectivity index is 1.50. The normalized spacial score (nSPS) is 21.8. The van der Waals surface area contributed by atoms with Crippen molar-refractivity contribution in [1.29, 1.82) is 0 Å². The summed E-state index contributed by atoms with van der Waals surface area (Å²) in [7, 11) is 1.05. The van der Waals surface area contributed by atoms with Crippen molar-refractivity contribution in [3.8, 4) is 0 Å². The third kappa shape index (κ3) is 3.57. The lowest BCUT2D eigenvalue weighted by Crippen LogP contribution is -2.63. The van der Waals surface area contributed by atoms with E-state index in [9.17, 15) is 4.79 Å². The molecule has 2 aromatic rings. The first-order valence-corrected chi connectivity index (χ1v) is 10.5. The molecule has 0 bridgehead atoms. The van der Waals surface area contributed by atoms with Crippen molar-refractivity contribution >= 4 is 18.6 Å². The summed E-state index contributed by atoms with van der Waals surface area (Å²) in [6.45, 7) is 10.3. The predicted octanol–water partition coefficient (Wildman–Crippen LogP) is 2.91. The fraction of sp³-hybridized carbons (Fsp3) is 0.458. The van der Waals surface area contributed by atoms with Gasteiger partial charge in [-0.25, -0.2) is 0 Å². The standard InChI is InChI=1S/C24H30BNO4/c1-22(2)23(3,4)30-25(29-22)20-13-11-19(12-14-20)24(21(27)28-5)16-26(17-24)15-18-9-7-6-8-10-18/h6-14H,15-17H2,1-5H3. The summed E-state index contributed by atoms with van der Waals surface area (Å²) in [6, 6.07) is 18.3. The van der Waals surface area contributed by atoms with Gasteiger partial charge in [-0.3, -0.25) is 9.69 Å². The number of benzene rings is 2. The minimum Gasteiger partial charge on any atom is -0.468 e. The van der Waals surface area contributed by atoms with Crippen LogP contribution in [-0.4, -0.2) is 49.4 Å². The zero-order valence-corrected chi connectivity index (χ0v) is 18.5. The third-order valence-electron chi connectivity index (χ3n) is 6.80. The molecule has 0 radical (unpaired) electrons. The Morgan fingerprint density at radius 3 is 2.07 bits per heavy atom. The average Bonchev–Trinajstić information content (AvgIpc) is 2.92. The average molecular weight is 407 g/mol. The molecule has 5 nitrogen and oxygen atoms in total. The molecule has 0 aromatic heterocycles. The summed E-state index contributed by atoms with van der Waals surface area (Å²) in [6.07, 6.45) is 0. The van der Waals surface area contributed by atoms with E-state index in [1.165, 1.54) is 12.7 Å². The highest BCUT2D eigenvalue weighted by Gasteiger charge is 2.53. The highest BCUT2D eigenvalue weighted by Crippen LogP contribution is 2.38. The van der Waals surface area contributed by atoms with E-state index < -0.39 is 12.5 Å². The lowest BCUT2D eigenvalue weighted by atomic mass is 9.71. The zero-order valence-electron chi connectivity index (χ0n) is 18.5. The number of esters is 1. The van der Waals surface area contributed by atoms with Crippen molar-refractivity contribution in [3.05, 3.63) is 65.7 Å². The number of hydrogen-bond acceptors (Lipinski definition) is 5. The molecule has 0 atom stereocenters. The second-order valence-corrected chi connectivity index (χ2v) is 9.41. The number of ether oxygens (including phenoxy) is 1. The molecule has 2 aromatic carbocycles. The van der Waals surface area contributed by atoms with Gasteiger partial charge < -0.3 is 14.0 Å². The molecule has 2 heterocycles. The molecule has 2 aliphatic rings. The largest absolute Gasteiger partial charge is 0.494 e. The number of rotatable bonds is 5. The van der Waals surface area contributed by atoms with Gasteiger partial charge in [0.25, 0.3) is 0 Å². The number of methoxy groups -OCH3 is 1. The molecule has 0 amide bonds. The molecule has 4 rings (SSSR count). The van der Waals surface area contributed by atoms with Crippen LogP contribution >= 0.6 is 0 Å². The Morgan fingerprint density at radius 1 is 0.967 bits per heavy atom. The molecule has 6 heteroatoms. The van der Waals surface area contributed by atoms with E-state index in [4.69, 9.17) is 14.0 Å². The minimum absolute atomic E-state index is 0.185. The highest BCUT2D eigenvalue weighted by molar-refractivity contribution is 6.62. The summed E-state index contributed by atoms with van der Waals surface area (Å²) in [5.41, 5.74) is 1.78. The Morgan fingerprint density at radius 2 is 1.53 bits per heavy atom. The second-order valence-electron chi connectivity index (χ2n) is 9.41. The van der Waals surface area contributed by atoms with Crippen molar-refractivity contribution in [3.63, 3.8) is 0 Å². The first kappa shape index (κ1) is 21.1. The van der Waals surface area contributed by atoms with Crippen LogP contribution in [0.3, 0.4) is 0 Å². The SMILES string of the molecule is COC(=O)C1(c2ccc(B3OC(C)(C)C(C)(C)O3)cc2)CN(Cc2ccccc2)C1. The molecule has 0 saturated carbocycles. The fourth-order valence-electron chi connectivity index (χ4n) is 4.23. The highest BCUT2D eigenvalue weighted by atomic mass is 16.7. The Hall–Kier alpha value is -2.15. The number of nitrogens with zero attached hydrogens (tertiary/aromatic N) is 1. The van der Waals surface area contributed by atoms with Gasteiger partial charge in [-0.15, -0.1) is 0 Å². The first-order valence-electron chi connectivity index (χ1n) is 10.5. The Labute approximate surface area is 179 Å². The Bertz CT molecular complexity index is 889.